The van der Waals surface area contributed by atoms with Crippen molar-refractivity contribution in [2.45, 2.75) is 0 Å². The number of anilines is 2. The number of nitrogen functional groups attached to an aromatic ring is 1. The van der Waals surface area contributed by atoms with E-state index in [2.05, 4.69) is 37.2 Å². The highest BCUT2D eigenvalue weighted by atomic mass is 79.9. The van der Waals surface area contributed by atoms with Gasteiger partial charge in [0.2, 0.25) is 0 Å². The second kappa shape index (κ2) is 5.63. The summed E-state index contributed by atoms with van der Waals surface area (Å²) in [5.74, 6) is -0.182. The molecule has 0 spiro atoms. The highest BCUT2D eigenvalue weighted by Gasteiger charge is 2.10. The van der Waals surface area contributed by atoms with Gasteiger partial charge in [-0.1, -0.05) is 6.07 Å². The molecule has 0 aromatic heterocycles. The van der Waals surface area contributed by atoms with Crippen LogP contribution in [0.1, 0.15) is 10.4 Å². The highest BCUT2D eigenvalue weighted by Crippen LogP contribution is 2.35. The second-order valence-electron chi connectivity index (χ2n) is 3.87. The van der Waals surface area contributed by atoms with Gasteiger partial charge in [0, 0.05) is 16.9 Å². The van der Waals surface area contributed by atoms with Crippen LogP contribution in [0.3, 0.4) is 0 Å². The van der Waals surface area contributed by atoms with Crippen LogP contribution in [-0.2, 0) is 0 Å². The number of nitrogens with two attached hydrogens (primary N) is 1. The number of benzene rings is 2. The summed E-state index contributed by atoms with van der Waals surface area (Å²) >= 11 is 6.41. The Balaban J connectivity index is 2.24. The number of carbonyl (C=O) groups is 1. The highest BCUT2D eigenvalue weighted by molar-refractivity contribution is 9.11. The summed E-state index contributed by atoms with van der Waals surface area (Å²) in [6, 6.07) is 9.93. The molecule has 2 rings (SSSR count). The van der Waals surface area contributed by atoms with Crippen molar-refractivity contribution in [1.29, 1.82) is 0 Å². The molecule has 2 aromatic carbocycles. The van der Waals surface area contributed by atoms with Crippen LogP contribution in [-0.4, -0.2) is 11.0 Å². The number of hydrogen-bond acceptors (Lipinski definition) is 3. The van der Waals surface area contributed by atoms with E-state index in [0.717, 1.165) is 0 Å². The molecule has 0 aliphatic carbocycles. The van der Waals surface area contributed by atoms with Crippen LogP contribution in [0.5, 0.6) is 5.75 Å². The monoisotopic (exact) mass is 384 g/mol. The Labute approximate surface area is 126 Å². The smallest absolute Gasteiger partial charge is 0.255 e. The maximum Gasteiger partial charge on any atom is 0.255 e. The lowest BCUT2D eigenvalue weighted by Gasteiger charge is -2.08. The summed E-state index contributed by atoms with van der Waals surface area (Å²) in [5, 5.41) is 12.3. The van der Waals surface area contributed by atoms with Crippen molar-refractivity contribution in [3.05, 3.63) is 50.9 Å². The van der Waals surface area contributed by atoms with Crippen LogP contribution < -0.4 is 11.1 Å². The van der Waals surface area contributed by atoms with Gasteiger partial charge >= 0.3 is 0 Å². The van der Waals surface area contributed by atoms with E-state index in [1.165, 1.54) is 0 Å². The molecule has 0 aliphatic heterocycles. The molecule has 0 unspecified atom stereocenters. The predicted octanol–water partition coefficient (Wildman–Crippen LogP) is 3.75. The van der Waals surface area contributed by atoms with Gasteiger partial charge in [-0.05, 0) is 62.2 Å². The second-order valence-corrected chi connectivity index (χ2v) is 5.58. The minimum Gasteiger partial charge on any atom is -0.506 e. The van der Waals surface area contributed by atoms with Crippen molar-refractivity contribution in [3.8, 4) is 5.75 Å². The fraction of sp³-hybridized carbons (Fsp3) is 0. The molecular weight excluding hydrogens is 376 g/mol. The van der Waals surface area contributed by atoms with Crippen molar-refractivity contribution in [1.82, 2.24) is 0 Å². The molecule has 0 radical (unpaired) electrons. The molecule has 0 saturated carbocycles. The van der Waals surface area contributed by atoms with Crippen molar-refractivity contribution in [2.24, 2.45) is 0 Å². The van der Waals surface area contributed by atoms with E-state index in [9.17, 15) is 9.90 Å². The Hall–Kier alpha value is -1.53. The average Bonchev–Trinajstić information content (AvgIpc) is 2.36. The van der Waals surface area contributed by atoms with Gasteiger partial charge in [0.25, 0.3) is 5.91 Å². The summed E-state index contributed by atoms with van der Waals surface area (Å²) < 4.78 is 0.981. The average molecular weight is 386 g/mol. The van der Waals surface area contributed by atoms with Crippen LogP contribution in [0.25, 0.3) is 0 Å². The van der Waals surface area contributed by atoms with E-state index in [1.807, 2.05) is 0 Å². The normalized spacial score (nSPS) is 10.2. The molecule has 2 aromatic rings. The molecule has 1 amide bonds. The van der Waals surface area contributed by atoms with E-state index >= 15 is 0 Å². The van der Waals surface area contributed by atoms with E-state index in [-0.39, 0.29) is 11.7 Å². The summed E-state index contributed by atoms with van der Waals surface area (Å²) in [6.07, 6.45) is 0. The van der Waals surface area contributed by atoms with Gasteiger partial charge in [-0.15, -0.1) is 0 Å². The topological polar surface area (TPSA) is 75.4 Å². The van der Waals surface area contributed by atoms with Crippen molar-refractivity contribution in [2.75, 3.05) is 11.1 Å². The fourth-order valence-corrected chi connectivity index (χ4v) is 2.71. The van der Waals surface area contributed by atoms with Crippen molar-refractivity contribution < 1.29 is 9.90 Å². The zero-order valence-electron chi connectivity index (χ0n) is 9.65. The lowest BCUT2D eigenvalue weighted by molar-refractivity contribution is 0.102. The molecule has 0 saturated heterocycles. The molecular formula is C13H10Br2N2O2. The Morgan fingerprint density at radius 3 is 2.37 bits per heavy atom. The Morgan fingerprint density at radius 1 is 1.16 bits per heavy atom. The first-order valence-corrected chi connectivity index (χ1v) is 6.91. The molecule has 98 valence electrons. The lowest BCUT2D eigenvalue weighted by atomic mass is 10.2. The van der Waals surface area contributed by atoms with Crippen LogP contribution in [0.2, 0.25) is 0 Å². The number of nitrogens with one attached hydrogen (secondary N) is 1. The van der Waals surface area contributed by atoms with Crippen LogP contribution in [0.4, 0.5) is 11.4 Å². The van der Waals surface area contributed by atoms with E-state index in [0.29, 0.717) is 25.9 Å². The summed E-state index contributed by atoms with van der Waals surface area (Å²) in [6.45, 7) is 0. The van der Waals surface area contributed by atoms with Gasteiger partial charge in [-0.25, -0.2) is 0 Å². The molecule has 0 bridgehead atoms. The number of hydrogen-bond donors (Lipinski definition) is 3. The molecule has 0 fully saturated rings. The van der Waals surface area contributed by atoms with Crippen LogP contribution in [0, 0.1) is 0 Å². The SMILES string of the molecule is Nc1cccc(C(=O)Nc2cc(Br)c(O)c(Br)c2)c1. The first-order valence-electron chi connectivity index (χ1n) is 5.32. The summed E-state index contributed by atoms with van der Waals surface area (Å²) in [4.78, 5) is 12.0. The zero-order valence-corrected chi connectivity index (χ0v) is 12.8. The van der Waals surface area contributed by atoms with Crippen LogP contribution >= 0.6 is 31.9 Å². The van der Waals surface area contributed by atoms with Gasteiger partial charge in [0.15, 0.2) is 0 Å². The molecule has 0 heterocycles. The summed E-state index contributed by atoms with van der Waals surface area (Å²) in [5.41, 5.74) is 7.19. The predicted molar refractivity (Wildman–Crippen MR) is 82.3 cm³/mol. The number of aromatic hydroxyl groups is 1. The number of rotatable bonds is 2. The van der Waals surface area contributed by atoms with Crippen LogP contribution in [0.15, 0.2) is 45.3 Å². The van der Waals surface area contributed by atoms with Gasteiger partial charge in [0.05, 0.1) is 8.95 Å². The largest absolute Gasteiger partial charge is 0.506 e. The van der Waals surface area contributed by atoms with Gasteiger partial charge in [-0.3, -0.25) is 4.79 Å². The maximum absolute atomic E-state index is 12.0. The standard InChI is InChI=1S/C13H10Br2N2O2/c14-10-5-9(6-11(15)12(10)18)17-13(19)7-2-1-3-8(16)4-7/h1-6,18H,16H2,(H,17,19). The maximum atomic E-state index is 12.0. The minimum absolute atomic E-state index is 0.0851. The third-order valence-corrected chi connectivity index (χ3v) is 3.63. The van der Waals surface area contributed by atoms with Gasteiger partial charge in [0.1, 0.15) is 5.75 Å². The Kier molecular flexibility index (Phi) is 4.11. The van der Waals surface area contributed by atoms with Crippen molar-refractivity contribution in [3.63, 3.8) is 0 Å². The molecule has 0 aliphatic rings. The quantitative estimate of drug-likeness (QED) is 0.544. The van der Waals surface area contributed by atoms with Crippen molar-refractivity contribution >= 4 is 49.1 Å². The lowest BCUT2D eigenvalue weighted by Crippen LogP contribution is -2.12. The number of phenolic OH excluding ortho intramolecular Hbond substituents is 1. The third-order valence-electron chi connectivity index (χ3n) is 2.42. The molecule has 19 heavy (non-hydrogen) atoms. The minimum atomic E-state index is -0.267. The zero-order chi connectivity index (χ0) is 14.0. The first kappa shape index (κ1) is 13.9. The molecule has 6 heteroatoms. The third kappa shape index (κ3) is 3.27. The van der Waals surface area contributed by atoms with E-state index in [4.69, 9.17) is 5.73 Å². The number of phenols is 1. The number of halogens is 2. The van der Waals surface area contributed by atoms with Gasteiger partial charge < -0.3 is 16.2 Å². The first-order chi connectivity index (χ1) is 8.97. The van der Waals surface area contributed by atoms with E-state index < -0.39 is 0 Å². The van der Waals surface area contributed by atoms with E-state index in [1.54, 1.807) is 36.4 Å². The molecule has 4 nitrogen and oxygen atoms in total. The Morgan fingerprint density at radius 2 is 1.79 bits per heavy atom. The summed E-state index contributed by atoms with van der Waals surface area (Å²) in [7, 11) is 0. The molecule has 0 atom stereocenters. The number of amides is 1. The molecule has 4 N–H and O–H groups in total. The van der Waals surface area contributed by atoms with Gasteiger partial charge in [-0.2, -0.15) is 0 Å². The number of carbonyl (C=O) groups excluding carboxylic acids is 1. The fourth-order valence-electron chi connectivity index (χ4n) is 1.52. The Bertz CT molecular complexity index is 621.